The summed E-state index contributed by atoms with van der Waals surface area (Å²) in [4.78, 5) is 25.3. The highest BCUT2D eigenvalue weighted by molar-refractivity contribution is 6.33. The zero-order valence-electron chi connectivity index (χ0n) is 22.1. The predicted octanol–water partition coefficient (Wildman–Crippen LogP) is 3.84. The molecule has 4 aliphatic heterocycles. The monoisotopic (exact) mass is 533 g/mol. The third kappa shape index (κ3) is 4.71. The summed E-state index contributed by atoms with van der Waals surface area (Å²) in [6.07, 6.45) is 4.36. The van der Waals surface area contributed by atoms with Gasteiger partial charge in [-0.15, -0.1) is 0 Å². The number of amides is 1. The predicted molar refractivity (Wildman–Crippen MR) is 136 cm³/mol. The average Bonchev–Trinajstić information content (AvgIpc) is 3.43. The summed E-state index contributed by atoms with van der Waals surface area (Å²) in [5.74, 6) is -0.698. The van der Waals surface area contributed by atoms with Crippen LogP contribution in [0.5, 0.6) is 0 Å². The van der Waals surface area contributed by atoms with Crippen LogP contribution in [-0.4, -0.2) is 92.9 Å². The first-order chi connectivity index (χ1) is 17.4. The standard InChI is InChI=1S/C26H36ClN5O5/c1-24(2,3)37-23(33)31-13-26(14-31)8-6-9-30(12-26)11-17-18-19(36-25(4,5)35-18)22(34-17)32-10-7-16-20(27)28-15-29-21(16)32/h7,10,15,17-19,22H,6,8-9,11-14H2,1-5H3/t17-,18-,19-,22-/m1/s1. The molecule has 6 rings (SSSR count). The number of hydrogen-bond acceptors (Lipinski definition) is 8. The molecule has 4 aliphatic rings. The van der Waals surface area contributed by atoms with E-state index in [1.165, 1.54) is 6.33 Å². The van der Waals surface area contributed by atoms with E-state index in [0.717, 1.165) is 51.0 Å². The number of ether oxygens (including phenoxy) is 4. The number of fused-ring (bicyclic) bond motifs is 2. The van der Waals surface area contributed by atoms with Crippen LogP contribution in [0.25, 0.3) is 11.0 Å². The number of rotatable bonds is 3. The van der Waals surface area contributed by atoms with Crippen LogP contribution in [0, 0.1) is 5.41 Å². The summed E-state index contributed by atoms with van der Waals surface area (Å²) in [6.45, 7) is 13.7. The number of halogens is 1. The molecule has 0 bridgehead atoms. The van der Waals surface area contributed by atoms with Crippen molar-refractivity contribution in [3.05, 3.63) is 23.7 Å². The van der Waals surface area contributed by atoms with Crippen molar-refractivity contribution in [2.24, 2.45) is 5.41 Å². The fraction of sp³-hybridized carbons (Fsp3) is 0.731. The van der Waals surface area contributed by atoms with E-state index in [0.29, 0.717) is 10.8 Å². The molecule has 0 aliphatic carbocycles. The van der Waals surface area contributed by atoms with Crippen molar-refractivity contribution in [3.63, 3.8) is 0 Å². The number of aromatic nitrogens is 3. The normalized spacial score (nSPS) is 31.0. The van der Waals surface area contributed by atoms with Crippen molar-refractivity contribution in [1.82, 2.24) is 24.3 Å². The van der Waals surface area contributed by atoms with E-state index in [4.69, 9.17) is 30.5 Å². The van der Waals surface area contributed by atoms with Gasteiger partial charge < -0.3 is 28.4 Å². The first kappa shape index (κ1) is 25.3. The number of nitrogens with zero attached hydrogens (tertiary/aromatic N) is 5. The summed E-state index contributed by atoms with van der Waals surface area (Å²) in [5.41, 5.74) is 0.347. The minimum absolute atomic E-state index is 0.114. The SMILES string of the molecule is CC(C)(C)OC(=O)N1CC2(CCCN(C[C@H]3O[C@@H](n4ccc5c(Cl)ncnc54)[C@@H]4OC(C)(C)O[C@@H]43)C2)C1. The third-order valence-corrected chi connectivity index (χ3v) is 8.04. The van der Waals surface area contributed by atoms with Crippen molar-refractivity contribution in [1.29, 1.82) is 0 Å². The largest absolute Gasteiger partial charge is 0.444 e. The number of piperidine rings is 1. The van der Waals surface area contributed by atoms with Gasteiger partial charge >= 0.3 is 6.09 Å². The minimum Gasteiger partial charge on any atom is -0.444 e. The van der Waals surface area contributed by atoms with Gasteiger partial charge in [0.25, 0.3) is 0 Å². The molecular formula is C26H36ClN5O5. The van der Waals surface area contributed by atoms with Crippen LogP contribution < -0.4 is 0 Å². The van der Waals surface area contributed by atoms with Gasteiger partial charge in [0.05, 0.1) is 5.39 Å². The van der Waals surface area contributed by atoms with Gasteiger partial charge in [-0.1, -0.05) is 11.6 Å². The van der Waals surface area contributed by atoms with Crippen LogP contribution in [0.15, 0.2) is 18.6 Å². The number of carbonyl (C=O) groups is 1. The van der Waals surface area contributed by atoms with E-state index in [1.54, 1.807) is 0 Å². The van der Waals surface area contributed by atoms with Gasteiger partial charge in [0.2, 0.25) is 0 Å². The Labute approximate surface area is 222 Å². The van der Waals surface area contributed by atoms with Crippen LogP contribution in [0.3, 0.4) is 0 Å². The van der Waals surface area contributed by atoms with Crippen LogP contribution in [0.1, 0.15) is 53.7 Å². The maximum atomic E-state index is 12.5. The van der Waals surface area contributed by atoms with Crippen molar-refractivity contribution in [2.75, 3.05) is 32.7 Å². The lowest BCUT2D eigenvalue weighted by Gasteiger charge is -2.54. The molecule has 4 fully saturated rings. The third-order valence-electron chi connectivity index (χ3n) is 7.74. The Kier molecular flexibility index (Phi) is 6.00. The Balaban J connectivity index is 1.16. The molecule has 0 unspecified atom stereocenters. The first-order valence-electron chi connectivity index (χ1n) is 13.1. The molecule has 0 N–H and O–H groups in total. The molecule has 6 heterocycles. The van der Waals surface area contributed by atoms with E-state index < -0.39 is 11.4 Å². The molecule has 37 heavy (non-hydrogen) atoms. The molecule has 0 saturated carbocycles. The zero-order valence-corrected chi connectivity index (χ0v) is 22.9. The molecule has 2 aromatic heterocycles. The molecule has 10 nitrogen and oxygen atoms in total. The number of hydrogen-bond donors (Lipinski definition) is 0. The smallest absolute Gasteiger partial charge is 0.410 e. The van der Waals surface area contributed by atoms with Crippen LogP contribution in [0.4, 0.5) is 4.79 Å². The highest BCUT2D eigenvalue weighted by atomic mass is 35.5. The molecule has 11 heteroatoms. The van der Waals surface area contributed by atoms with Crippen molar-refractivity contribution >= 4 is 28.7 Å². The molecule has 1 amide bonds. The number of likely N-dealkylation sites (tertiary alicyclic amines) is 2. The first-order valence-corrected chi connectivity index (χ1v) is 13.5. The minimum atomic E-state index is -0.698. The summed E-state index contributed by atoms with van der Waals surface area (Å²) in [7, 11) is 0. The maximum absolute atomic E-state index is 12.5. The molecule has 4 saturated heterocycles. The maximum Gasteiger partial charge on any atom is 0.410 e. The molecule has 0 aromatic carbocycles. The van der Waals surface area contributed by atoms with Crippen LogP contribution in [0.2, 0.25) is 5.15 Å². The van der Waals surface area contributed by atoms with E-state index in [9.17, 15) is 4.79 Å². The summed E-state index contributed by atoms with van der Waals surface area (Å²) in [5, 5.41) is 1.20. The lowest BCUT2D eigenvalue weighted by Crippen LogP contribution is -2.65. The van der Waals surface area contributed by atoms with E-state index in [2.05, 4.69) is 14.9 Å². The summed E-state index contributed by atoms with van der Waals surface area (Å²) >= 11 is 6.30. The highest BCUT2D eigenvalue weighted by Gasteiger charge is 2.57. The second-order valence-electron chi connectivity index (χ2n) is 12.4. The second-order valence-corrected chi connectivity index (χ2v) is 12.8. The van der Waals surface area contributed by atoms with Gasteiger partial charge in [-0.25, -0.2) is 14.8 Å². The Morgan fingerprint density at radius 2 is 1.95 bits per heavy atom. The topological polar surface area (TPSA) is 91.2 Å². The second kappa shape index (κ2) is 8.77. The zero-order chi connectivity index (χ0) is 26.2. The summed E-state index contributed by atoms with van der Waals surface area (Å²) < 4.78 is 26.9. The fourth-order valence-corrected chi connectivity index (χ4v) is 6.56. The van der Waals surface area contributed by atoms with Crippen LogP contribution >= 0.6 is 11.6 Å². The molecule has 4 atom stereocenters. The van der Waals surface area contributed by atoms with Gasteiger partial charge in [-0.3, -0.25) is 4.90 Å². The van der Waals surface area contributed by atoms with Crippen molar-refractivity contribution in [3.8, 4) is 0 Å². The van der Waals surface area contributed by atoms with E-state index in [1.807, 2.05) is 56.3 Å². The van der Waals surface area contributed by atoms with E-state index in [-0.39, 0.29) is 36.0 Å². The molecule has 0 radical (unpaired) electrons. The van der Waals surface area contributed by atoms with Gasteiger partial charge in [0.1, 0.15) is 41.0 Å². The molecule has 1 spiro atoms. The van der Waals surface area contributed by atoms with Gasteiger partial charge in [0.15, 0.2) is 12.0 Å². The number of carbonyl (C=O) groups excluding carboxylic acids is 1. The molecule has 2 aromatic rings. The van der Waals surface area contributed by atoms with Crippen molar-refractivity contribution < 1.29 is 23.7 Å². The quantitative estimate of drug-likeness (QED) is 0.550. The molecular weight excluding hydrogens is 498 g/mol. The summed E-state index contributed by atoms with van der Waals surface area (Å²) in [6, 6.07) is 1.91. The Bertz CT molecular complexity index is 1190. The van der Waals surface area contributed by atoms with E-state index >= 15 is 0 Å². The highest BCUT2D eigenvalue weighted by Crippen LogP contribution is 2.45. The lowest BCUT2D eigenvalue weighted by atomic mass is 9.73. The Morgan fingerprint density at radius 3 is 2.70 bits per heavy atom. The van der Waals surface area contributed by atoms with Crippen LogP contribution in [-0.2, 0) is 18.9 Å². The van der Waals surface area contributed by atoms with Crippen molar-refractivity contribution in [2.45, 2.75) is 83.4 Å². The Morgan fingerprint density at radius 1 is 1.19 bits per heavy atom. The molecule has 202 valence electrons. The Hall–Kier alpha value is -1.98. The van der Waals surface area contributed by atoms with Gasteiger partial charge in [-0.2, -0.15) is 0 Å². The fourth-order valence-electron chi connectivity index (χ4n) is 6.37. The van der Waals surface area contributed by atoms with Gasteiger partial charge in [0, 0.05) is 37.8 Å². The average molecular weight is 534 g/mol. The van der Waals surface area contributed by atoms with Gasteiger partial charge in [-0.05, 0) is 60.1 Å². The lowest BCUT2D eigenvalue weighted by molar-refractivity contribution is -0.199.